The molecule has 1 aliphatic heterocycles. The molecule has 0 aromatic carbocycles. The molecule has 3 unspecified atom stereocenters. The van der Waals surface area contributed by atoms with Gasteiger partial charge in [0.05, 0.1) is 11.9 Å². The summed E-state index contributed by atoms with van der Waals surface area (Å²) in [5.74, 6) is 0.432. The number of carboxylic acid groups (broad SMARTS) is 1. The van der Waals surface area contributed by atoms with Crippen molar-refractivity contribution in [2.75, 3.05) is 12.3 Å². The van der Waals surface area contributed by atoms with Crippen LogP contribution >= 0.6 is 11.8 Å². The number of hydrogen-bond acceptors (Lipinski definition) is 6. The molecule has 0 saturated carbocycles. The molecule has 0 spiro atoms. The fourth-order valence-electron chi connectivity index (χ4n) is 2.96. The van der Waals surface area contributed by atoms with Gasteiger partial charge in [0, 0.05) is 30.0 Å². The standard InChI is InChI=1S/C17H33N5O3S/c1-11(18)22-13-10-26-14(16(13)20)7-2-3-8-15(23)21-9-5-4-6-12(19)17(24)25/h12-14,16H,2-10,19-20H2,1H3,(H2,18,22)(H,21,23)(H,24,25)/t12?,13?,14?,16-/m0/s1. The van der Waals surface area contributed by atoms with Crippen LogP contribution in [-0.2, 0) is 9.59 Å². The van der Waals surface area contributed by atoms with Crippen molar-refractivity contribution in [1.82, 2.24) is 10.6 Å². The van der Waals surface area contributed by atoms with Crippen LogP contribution in [0, 0.1) is 5.41 Å². The van der Waals surface area contributed by atoms with Gasteiger partial charge in [-0.15, -0.1) is 0 Å². The van der Waals surface area contributed by atoms with Gasteiger partial charge in [-0.2, -0.15) is 11.8 Å². The zero-order valence-corrected chi connectivity index (χ0v) is 16.3. The Bertz CT molecular complexity index is 477. The van der Waals surface area contributed by atoms with Crippen molar-refractivity contribution in [3.05, 3.63) is 0 Å². The summed E-state index contributed by atoms with van der Waals surface area (Å²) >= 11 is 1.85. The number of nitrogens with one attached hydrogen (secondary N) is 3. The van der Waals surface area contributed by atoms with Gasteiger partial charge in [-0.1, -0.05) is 6.42 Å². The number of rotatable bonds is 12. The minimum Gasteiger partial charge on any atom is -0.480 e. The lowest BCUT2D eigenvalue weighted by molar-refractivity contribution is -0.138. The van der Waals surface area contributed by atoms with Crippen molar-refractivity contribution < 1.29 is 14.7 Å². The van der Waals surface area contributed by atoms with Crippen molar-refractivity contribution in [3.8, 4) is 0 Å². The Balaban J connectivity index is 2.03. The number of unbranched alkanes of at least 4 members (excludes halogenated alkanes) is 2. The molecule has 1 aliphatic rings. The molecule has 0 aromatic heterocycles. The van der Waals surface area contributed by atoms with Crippen LogP contribution in [0.4, 0.5) is 0 Å². The average molecular weight is 388 g/mol. The first-order valence-corrected chi connectivity index (χ1v) is 10.3. The second kappa shape index (κ2) is 12.1. The Morgan fingerprint density at radius 1 is 1.31 bits per heavy atom. The maximum atomic E-state index is 11.8. The van der Waals surface area contributed by atoms with E-state index in [0.717, 1.165) is 31.4 Å². The van der Waals surface area contributed by atoms with Crippen LogP contribution in [0.3, 0.4) is 0 Å². The molecule has 4 atom stereocenters. The highest BCUT2D eigenvalue weighted by molar-refractivity contribution is 8.00. The molecule has 150 valence electrons. The largest absolute Gasteiger partial charge is 0.480 e. The molecule has 1 heterocycles. The predicted molar refractivity (Wildman–Crippen MR) is 105 cm³/mol. The summed E-state index contributed by atoms with van der Waals surface area (Å²) in [6, 6.07) is -0.602. The quantitative estimate of drug-likeness (QED) is 0.163. The van der Waals surface area contributed by atoms with E-state index in [1.54, 1.807) is 6.92 Å². The zero-order chi connectivity index (χ0) is 19.5. The number of nitrogens with two attached hydrogens (primary N) is 2. The molecule has 0 aliphatic carbocycles. The molecule has 1 saturated heterocycles. The summed E-state index contributed by atoms with van der Waals surface area (Å²) in [7, 11) is 0. The number of amides is 1. The Morgan fingerprint density at radius 2 is 2.04 bits per heavy atom. The van der Waals surface area contributed by atoms with E-state index in [9.17, 15) is 9.59 Å². The van der Waals surface area contributed by atoms with Crippen LogP contribution in [0.25, 0.3) is 0 Å². The number of carbonyl (C=O) groups is 2. The first-order valence-electron chi connectivity index (χ1n) is 9.25. The highest BCUT2D eigenvalue weighted by Crippen LogP contribution is 2.30. The maximum absolute atomic E-state index is 11.8. The summed E-state index contributed by atoms with van der Waals surface area (Å²) in [6.07, 6.45) is 5.14. The van der Waals surface area contributed by atoms with Gasteiger partial charge >= 0.3 is 5.97 Å². The molecular weight excluding hydrogens is 354 g/mol. The molecule has 8 N–H and O–H groups in total. The van der Waals surface area contributed by atoms with E-state index in [2.05, 4.69) is 10.6 Å². The number of carboxylic acids is 1. The van der Waals surface area contributed by atoms with Gasteiger partial charge < -0.3 is 27.2 Å². The second-order valence-corrected chi connectivity index (χ2v) is 8.13. The van der Waals surface area contributed by atoms with Crippen LogP contribution in [0.2, 0.25) is 0 Å². The molecule has 0 aromatic rings. The minimum atomic E-state index is -0.982. The lowest BCUT2D eigenvalue weighted by Crippen LogP contribution is -2.48. The first kappa shape index (κ1) is 22.7. The van der Waals surface area contributed by atoms with E-state index in [1.807, 2.05) is 11.8 Å². The fourth-order valence-corrected chi connectivity index (χ4v) is 4.47. The van der Waals surface area contributed by atoms with Gasteiger partial charge in [0.2, 0.25) is 5.91 Å². The SMILES string of the molecule is CC(=N)NC1CSC(CCCCC(=O)NCCCCC(N)C(=O)O)[C@H]1N. The van der Waals surface area contributed by atoms with Crippen molar-refractivity contribution in [2.45, 2.75) is 75.2 Å². The zero-order valence-electron chi connectivity index (χ0n) is 15.5. The van der Waals surface area contributed by atoms with Gasteiger partial charge in [-0.25, -0.2) is 0 Å². The predicted octanol–water partition coefficient (Wildman–Crippen LogP) is 0.643. The van der Waals surface area contributed by atoms with Crippen molar-refractivity contribution >= 4 is 29.5 Å². The summed E-state index contributed by atoms with van der Waals surface area (Å²) < 4.78 is 0. The highest BCUT2D eigenvalue weighted by atomic mass is 32.2. The normalized spacial score (nSPS) is 23.4. The van der Waals surface area contributed by atoms with Gasteiger partial charge in [-0.3, -0.25) is 15.0 Å². The van der Waals surface area contributed by atoms with Crippen molar-refractivity contribution in [2.24, 2.45) is 11.5 Å². The molecule has 0 radical (unpaired) electrons. The number of aliphatic carboxylic acids is 1. The van der Waals surface area contributed by atoms with Crippen LogP contribution in [0.15, 0.2) is 0 Å². The lowest BCUT2D eigenvalue weighted by atomic mass is 10.0. The van der Waals surface area contributed by atoms with Crippen molar-refractivity contribution in [3.63, 3.8) is 0 Å². The van der Waals surface area contributed by atoms with Crippen molar-refractivity contribution in [1.29, 1.82) is 5.41 Å². The summed E-state index contributed by atoms with van der Waals surface area (Å²) in [4.78, 5) is 22.4. The molecule has 1 amide bonds. The molecule has 9 heteroatoms. The maximum Gasteiger partial charge on any atom is 0.320 e. The van der Waals surface area contributed by atoms with Crippen LogP contribution in [0.5, 0.6) is 0 Å². The molecule has 0 bridgehead atoms. The average Bonchev–Trinajstić information content (AvgIpc) is 2.90. The summed E-state index contributed by atoms with van der Waals surface area (Å²) in [6.45, 7) is 2.29. The van der Waals surface area contributed by atoms with Crippen LogP contribution in [-0.4, -0.2) is 58.5 Å². The topological polar surface area (TPSA) is 154 Å². The van der Waals surface area contributed by atoms with E-state index in [1.165, 1.54) is 0 Å². The molecule has 8 nitrogen and oxygen atoms in total. The smallest absolute Gasteiger partial charge is 0.320 e. The Labute approximate surface area is 159 Å². The number of hydrogen-bond donors (Lipinski definition) is 6. The summed E-state index contributed by atoms with van der Waals surface area (Å²) in [5, 5.41) is 22.5. The van der Waals surface area contributed by atoms with E-state index >= 15 is 0 Å². The molecule has 26 heavy (non-hydrogen) atoms. The Morgan fingerprint density at radius 3 is 2.69 bits per heavy atom. The third-order valence-corrected chi connectivity index (χ3v) is 6.04. The van der Waals surface area contributed by atoms with Crippen LogP contribution in [0.1, 0.15) is 51.9 Å². The van der Waals surface area contributed by atoms with E-state index in [0.29, 0.717) is 36.9 Å². The van der Waals surface area contributed by atoms with E-state index in [4.69, 9.17) is 22.0 Å². The molecule has 1 fully saturated rings. The van der Waals surface area contributed by atoms with E-state index < -0.39 is 12.0 Å². The monoisotopic (exact) mass is 387 g/mol. The molecular formula is C17H33N5O3S. The van der Waals surface area contributed by atoms with E-state index in [-0.39, 0.29) is 18.0 Å². The van der Waals surface area contributed by atoms with Gasteiger partial charge in [0.25, 0.3) is 0 Å². The number of carbonyl (C=O) groups excluding carboxylic acids is 1. The number of thioether (sulfide) groups is 1. The van der Waals surface area contributed by atoms with Crippen LogP contribution < -0.4 is 22.1 Å². The van der Waals surface area contributed by atoms with Gasteiger partial charge in [0.1, 0.15) is 6.04 Å². The lowest BCUT2D eigenvalue weighted by Gasteiger charge is -2.20. The van der Waals surface area contributed by atoms with Gasteiger partial charge in [0.15, 0.2) is 0 Å². The minimum absolute atomic E-state index is 0.0369. The molecule has 1 rings (SSSR count). The third-order valence-electron chi connectivity index (χ3n) is 4.51. The van der Waals surface area contributed by atoms with Gasteiger partial charge in [-0.05, 0) is 39.0 Å². The second-order valence-electron chi connectivity index (χ2n) is 6.86. The number of amidine groups is 1. The fraction of sp³-hybridized carbons (Fsp3) is 0.824. The highest BCUT2D eigenvalue weighted by Gasteiger charge is 2.33. The Kier molecular flexibility index (Phi) is 10.6. The third kappa shape index (κ3) is 8.86. The first-order chi connectivity index (χ1) is 12.3. The summed E-state index contributed by atoms with van der Waals surface area (Å²) in [5.41, 5.74) is 11.7. The Hall–Kier alpha value is -1.32.